The second-order valence-corrected chi connectivity index (χ2v) is 6.63. The Kier molecular flexibility index (Phi) is 3.53. The van der Waals surface area contributed by atoms with Crippen LogP contribution in [0.1, 0.15) is 19.3 Å². The fourth-order valence-corrected chi connectivity index (χ4v) is 4.07. The molecule has 0 aromatic heterocycles. The summed E-state index contributed by atoms with van der Waals surface area (Å²) in [7, 11) is 0. The van der Waals surface area contributed by atoms with Gasteiger partial charge in [0.15, 0.2) is 0 Å². The van der Waals surface area contributed by atoms with Crippen LogP contribution in [0, 0.1) is 0 Å². The van der Waals surface area contributed by atoms with Gasteiger partial charge in [0.2, 0.25) is 17.7 Å². The summed E-state index contributed by atoms with van der Waals surface area (Å²) < 4.78 is 0. The number of hydrogen-bond donors (Lipinski definition) is 2. The zero-order valence-electron chi connectivity index (χ0n) is 13.3. The second-order valence-electron chi connectivity index (χ2n) is 6.63. The third-order valence-electron chi connectivity index (χ3n) is 5.41. The summed E-state index contributed by atoms with van der Waals surface area (Å²) in [5.74, 6) is -0.375. The molecule has 3 amide bonds. The van der Waals surface area contributed by atoms with Crippen LogP contribution in [-0.4, -0.2) is 54.0 Å². The van der Waals surface area contributed by atoms with Gasteiger partial charge in [0, 0.05) is 18.8 Å². The van der Waals surface area contributed by atoms with Crippen molar-refractivity contribution in [2.45, 2.75) is 30.8 Å². The summed E-state index contributed by atoms with van der Waals surface area (Å²) in [6.07, 6.45) is 1.51. The van der Waals surface area contributed by atoms with Crippen molar-refractivity contribution in [3.8, 4) is 0 Å². The summed E-state index contributed by atoms with van der Waals surface area (Å²) in [4.78, 5) is 40.0. The third kappa shape index (κ3) is 2.27. The first kappa shape index (κ1) is 15.1. The molecule has 2 N–H and O–H groups in total. The zero-order chi connectivity index (χ0) is 16.7. The molecule has 1 spiro atoms. The number of hydrogen-bond acceptors (Lipinski definition) is 5. The number of piperidine rings is 1. The molecule has 0 unspecified atom stereocenters. The number of rotatable bonds is 2. The van der Waals surface area contributed by atoms with Crippen LogP contribution in [-0.2, 0) is 14.4 Å². The monoisotopic (exact) mass is 328 g/mol. The maximum absolute atomic E-state index is 12.6. The molecule has 0 aliphatic carbocycles. The molecule has 126 valence electrons. The molecule has 0 radical (unpaired) electrons. The molecule has 0 bridgehead atoms. The molecule has 3 aliphatic rings. The fourth-order valence-electron chi connectivity index (χ4n) is 4.07. The Bertz CT molecular complexity index is 682. The standard InChI is InChI=1S/C17H20N4O3/c22-14-10-13(15(23)19-14)20-8-6-17(7-9-20)16(24)18-11-21(17)12-4-2-1-3-5-12/h1-5,13H,6-11H2,(H,18,24)(H,19,22,23)/t13-/m1/s1. The van der Waals surface area contributed by atoms with Crippen LogP contribution >= 0.6 is 0 Å². The Labute approximate surface area is 140 Å². The number of nitrogens with one attached hydrogen (secondary N) is 2. The van der Waals surface area contributed by atoms with Crippen LogP contribution in [0.4, 0.5) is 5.69 Å². The molecule has 24 heavy (non-hydrogen) atoms. The molecule has 3 fully saturated rings. The lowest BCUT2D eigenvalue weighted by atomic mass is 9.85. The van der Waals surface area contributed by atoms with Crippen molar-refractivity contribution in [2.75, 3.05) is 24.7 Å². The van der Waals surface area contributed by atoms with E-state index in [9.17, 15) is 14.4 Å². The highest BCUT2D eigenvalue weighted by Gasteiger charge is 2.51. The molecule has 3 aliphatic heterocycles. The molecule has 4 rings (SSSR count). The first-order valence-corrected chi connectivity index (χ1v) is 8.29. The second kappa shape index (κ2) is 5.59. The number of imide groups is 1. The lowest BCUT2D eigenvalue weighted by Gasteiger charge is -2.44. The minimum absolute atomic E-state index is 0.0537. The van der Waals surface area contributed by atoms with Crippen LogP contribution in [0.15, 0.2) is 30.3 Å². The molecule has 0 saturated carbocycles. The summed E-state index contributed by atoms with van der Waals surface area (Å²) >= 11 is 0. The van der Waals surface area contributed by atoms with Gasteiger partial charge in [0.05, 0.1) is 19.1 Å². The Balaban J connectivity index is 1.53. The smallest absolute Gasteiger partial charge is 0.247 e. The maximum atomic E-state index is 12.6. The van der Waals surface area contributed by atoms with Crippen LogP contribution < -0.4 is 15.5 Å². The van der Waals surface area contributed by atoms with E-state index in [1.54, 1.807) is 0 Å². The average molecular weight is 328 g/mol. The maximum Gasteiger partial charge on any atom is 0.247 e. The SMILES string of the molecule is O=C1C[C@@H](N2CCC3(CC2)C(=O)NCN3c2ccccc2)C(=O)N1. The van der Waals surface area contributed by atoms with Gasteiger partial charge in [-0.05, 0) is 25.0 Å². The average Bonchev–Trinajstić information content (AvgIpc) is 3.09. The van der Waals surface area contributed by atoms with Gasteiger partial charge in [-0.1, -0.05) is 18.2 Å². The number of anilines is 1. The molecule has 1 aromatic carbocycles. The van der Waals surface area contributed by atoms with Gasteiger partial charge < -0.3 is 10.2 Å². The molecular weight excluding hydrogens is 308 g/mol. The number of likely N-dealkylation sites (tertiary alicyclic amines) is 1. The van der Waals surface area contributed by atoms with Gasteiger partial charge in [0.1, 0.15) is 5.54 Å². The third-order valence-corrected chi connectivity index (χ3v) is 5.41. The Morgan fingerprint density at radius 3 is 2.38 bits per heavy atom. The van der Waals surface area contributed by atoms with Gasteiger partial charge in [-0.2, -0.15) is 0 Å². The van der Waals surface area contributed by atoms with Crippen LogP contribution in [0.3, 0.4) is 0 Å². The Morgan fingerprint density at radius 1 is 1.04 bits per heavy atom. The van der Waals surface area contributed by atoms with E-state index in [1.807, 2.05) is 35.2 Å². The van der Waals surface area contributed by atoms with E-state index < -0.39 is 5.54 Å². The number of para-hydroxylation sites is 1. The van der Waals surface area contributed by atoms with Crippen molar-refractivity contribution in [1.29, 1.82) is 0 Å². The van der Waals surface area contributed by atoms with E-state index in [-0.39, 0.29) is 30.2 Å². The number of amides is 3. The summed E-state index contributed by atoms with van der Waals surface area (Å²) in [5.41, 5.74) is 0.467. The number of carbonyl (C=O) groups is 3. The van der Waals surface area contributed by atoms with Gasteiger partial charge in [0.25, 0.3) is 0 Å². The topological polar surface area (TPSA) is 81.8 Å². The number of benzene rings is 1. The van der Waals surface area contributed by atoms with Gasteiger partial charge in [-0.15, -0.1) is 0 Å². The quantitative estimate of drug-likeness (QED) is 0.737. The lowest BCUT2D eigenvalue weighted by Crippen LogP contribution is -2.58. The van der Waals surface area contributed by atoms with Crippen LogP contribution in [0.5, 0.6) is 0 Å². The van der Waals surface area contributed by atoms with Gasteiger partial charge in [-0.25, -0.2) is 0 Å². The lowest BCUT2D eigenvalue weighted by molar-refractivity contribution is -0.127. The van der Waals surface area contributed by atoms with Crippen LogP contribution in [0.2, 0.25) is 0 Å². The first-order valence-electron chi connectivity index (χ1n) is 8.29. The molecule has 7 nitrogen and oxygen atoms in total. The number of nitrogens with zero attached hydrogens (tertiary/aromatic N) is 2. The van der Waals surface area contributed by atoms with Crippen LogP contribution in [0.25, 0.3) is 0 Å². The zero-order valence-corrected chi connectivity index (χ0v) is 13.3. The number of carbonyl (C=O) groups excluding carboxylic acids is 3. The highest BCUT2D eigenvalue weighted by Crippen LogP contribution is 2.36. The minimum Gasteiger partial charge on any atom is -0.339 e. The van der Waals surface area contributed by atoms with Crippen molar-refractivity contribution in [1.82, 2.24) is 15.5 Å². The molecular formula is C17H20N4O3. The van der Waals surface area contributed by atoms with Crippen molar-refractivity contribution < 1.29 is 14.4 Å². The van der Waals surface area contributed by atoms with Crippen molar-refractivity contribution in [2.24, 2.45) is 0 Å². The van der Waals surface area contributed by atoms with Gasteiger partial charge >= 0.3 is 0 Å². The molecule has 1 aromatic rings. The van der Waals surface area contributed by atoms with E-state index in [4.69, 9.17) is 0 Å². The predicted molar refractivity (Wildman–Crippen MR) is 87.0 cm³/mol. The summed E-state index contributed by atoms with van der Waals surface area (Å²) in [5, 5.41) is 5.32. The normalized spacial score (nSPS) is 26.8. The highest BCUT2D eigenvalue weighted by molar-refractivity contribution is 6.05. The highest BCUT2D eigenvalue weighted by atomic mass is 16.2. The predicted octanol–water partition coefficient (Wildman–Crippen LogP) is -0.170. The Hall–Kier alpha value is -2.41. The fraction of sp³-hybridized carbons (Fsp3) is 0.471. The summed E-state index contributed by atoms with van der Waals surface area (Å²) in [6, 6.07) is 9.53. The molecule has 7 heteroatoms. The minimum atomic E-state index is -0.559. The van der Waals surface area contributed by atoms with E-state index in [0.29, 0.717) is 32.6 Å². The van der Waals surface area contributed by atoms with Crippen molar-refractivity contribution >= 4 is 23.4 Å². The molecule has 3 saturated heterocycles. The van der Waals surface area contributed by atoms with Crippen molar-refractivity contribution in [3.05, 3.63) is 30.3 Å². The summed E-state index contributed by atoms with van der Waals surface area (Å²) in [6.45, 7) is 1.76. The largest absolute Gasteiger partial charge is 0.339 e. The first-order chi connectivity index (χ1) is 11.6. The van der Waals surface area contributed by atoms with E-state index in [0.717, 1.165) is 5.69 Å². The van der Waals surface area contributed by atoms with E-state index in [2.05, 4.69) is 15.5 Å². The molecule has 1 atom stereocenters. The Morgan fingerprint density at radius 2 is 1.75 bits per heavy atom. The van der Waals surface area contributed by atoms with E-state index in [1.165, 1.54) is 0 Å². The van der Waals surface area contributed by atoms with Gasteiger partial charge in [-0.3, -0.25) is 24.6 Å². The van der Waals surface area contributed by atoms with Crippen molar-refractivity contribution in [3.63, 3.8) is 0 Å². The molecule has 3 heterocycles. The van der Waals surface area contributed by atoms with E-state index >= 15 is 0 Å².